The van der Waals surface area contributed by atoms with Gasteiger partial charge in [-0.15, -0.1) is 0 Å². The Balaban J connectivity index is 1.68. The van der Waals surface area contributed by atoms with Crippen LogP contribution in [0.15, 0.2) is 48.5 Å². The van der Waals surface area contributed by atoms with E-state index in [2.05, 4.69) is 19.2 Å². The second-order valence-electron chi connectivity index (χ2n) is 6.38. The van der Waals surface area contributed by atoms with Crippen LogP contribution in [-0.4, -0.2) is 25.1 Å². The van der Waals surface area contributed by atoms with Crippen molar-refractivity contribution >= 4 is 11.9 Å². The molecule has 5 heteroatoms. The molecule has 0 saturated carbocycles. The minimum absolute atomic E-state index is 0.230. The summed E-state index contributed by atoms with van der Waals surface area (Å²) in [5, 5.41) is 2.73. The number of carbonyl (C=O) groups is 2. The number of nitrogens with one attached hydrogen (secondary N) is 1. The zero-order valence-corrected chi connectivity index (χ0v) is 15.5. The van der Waals surface area contributed by atoms with Crippen molar-refractivity contribution in [2.75, 3.05) is 13.2 Å². The summed E-state index contributed by atoms with van der Waals surface area (Å²) in [4.78, 5) is 23.5. The zero-order chi connectivity index (χ0) is 18.9. The summed E-state index contributed by atoms with van der Waals surface area (Å²) in [5.41, 5.74) is 3.33. The Morgan fingerprint density at radius 1 is 1.00 bits per heavy atom. The number of hydrogen-bond donors (Lipinski definition) is 1. The number of esters is 1. The molecule has 2 aromatic rings. The van der Waals surface area contributed by atoms with Crippen LogP contribution in [0.5, 0.6) is 5.75 Å². The normalized spacial score (nSPS) is 10.5. The van der Waals surface area contributed by atoms with E-state index < -0.39 is 5.97 Å². The summed E-state index contributed by atoms with van der Waals surface area (Å²) >= 11 is 0. The van der Waals surface area contributed by atoms with Gasteiger partial charge in [-0.3, -0.25) is 4.79 Å². The summed E-state index contributed by atoms with van der Waals surface area (Å²) in [5.74, 6) is 0.106. The predicted molar refractivity (Wildman–Crippen MR) is 100 cm³/mol. The second kappa shape index (κ2) is 9.61. The first kappa shape index (κ1) is 19.5. The number of benzene rings is 2. The minimum Gasteiger partial charge on any atom is -0.482 e. The van der Waals surface area contributed by atoms with Gasteiger partial charge in [0.05, 0.1) is 0 Å². The minimum atomic E-state index is -0.580. The van der Waals surface area contributed by atoms with Crippen molar-refractivity contribution in [3.8, 4) is 5.75 Å². The highest BCUT2D eigenvalue weighted by Crippen LogP contribution is 2.18. The fraction of sp³-hybridized carbons (Fsp3) is 0.333. The monoisotopic (exact) mass is 355 g/mol. The first-order valence-electron chi connectivity index (χ1n) is 8.65. The van der Waals surface area contributed by atoms with Gasteiger partial charge in [0.25, 0.3) is 5.91 Å². The van der Waals surface area contributed by atoms with Gasteiger partial charge in [0.2, 0.25) is 0 Å². The highest BCUT2D eigenvalue weighted by atomic mass is 16.6. The molecule has 26 heavy (non-hydrogen) atoms. The van der Waals surface area contributed by atoms with Crippen LogP contribution in [0.1, 0.15) is 36.5 Å². The molecule has 0 aliphatic rings. The molecule has 1 N–H and O–H groups in total. The molecule has 0 radical (unpaired) electrons. The fourth-order valence-electron chi connectivity index (χ4n) is 2.33. The molecule has 0 bridgehead atoms. The highest BCUT2D eigenvalue weighted by Gasteiger charge is 2.09. The van der Waals surface area contributed by atoms with Crippen molar-refractivity contribution in [2.24, 2.45) is 0 Å². The van der Waals surface area contributed by atoms with Crippen LogP contribution in [0.3, 0.4) is 0 Å². The predicted octanol–water partition coefficient (Wildman–Crippen LogP) is 3.36. The summed E-state index contributed by atoms with van der Waals surface area (Å²) in [7, 11) is 0. The van der Waals surface area contributed by atoms with Gasteiger partial charge >= 0.3 is 5.97 Å². The van der Waals surface area contributed by atoms with Crippen LogP contribution < -0.4 is 10.1 Å². The van der Waals surface area contributed by atoms with E-state index in [4.69, 9.17) is 9.47 Å². The van der Waals surface area contributed by atoms with Crippen LogP contribution in [-0.2, 0) is 20.9 Å². The van der Waals surface area contributed by atoms with Crippen molar-refractivity contribution in [3.05, 3.63) is 65.2 Å². The summed E-state index contributed by atoms with van der Waals surface area (Å²) < 4.78 is 10.3. The lowest BCUT2D eigenvalue weighted by molar-refractivity contribution is -0.150. The van der Waals surface area contributed by atoms with Gasteiger partial charge in [-0.2, -0.15) is 0 Å². The molecule has 0 spiro atoms. The molecule has 0 aliphatic carbocycles. The van der Waals surface area contributed by atoms with Gasteiger partial charge in [0.15, 0.2) is 13.2 Å². The summed E-state index contributed by atoms with van der Waals surface area (Å²) in [6, 6.07) is 15.3. The van der Waals surface area contributed by atoms with Crippen molar-refractivity contribution in [1.29, 1.82) is 0 Å². The van der Waals surface area contributed by atoms with E-state index in [1.807, 2.05) is 55.5 Å². The van der Waals surface area contributed by atoms with E-state index in [1.165, 1.54) is 5.56 Å². The molecule has 0 atom stereocenters. The van der Waals surface area contributed by atoms with Crippen molar-refractivity contribution in [1.82, 2.24) is 5.32 Å². The average molecular weight is 355 g/mol. The standard InChI is InChI=1S/C21H25NO4/c1-15(2)17-8-10-19(11-9-17)25-14-21(24)26-13-20(23)22-12-18-7-5-4-6-16(18)3/h4-11,15H,12-14H2,1-3H3,(H,22,23). The SMILES string of the molecule is Cc1ccccc1CNC(=O)COC(=O)COc1ccc(C(C)C)cc1. The third-order valence-electron chi connectivity index (χ3n) is 4.00. The molecule has 0 aliphatic heterocycles. The van der Waals surface area contributed by atoms with Gasteiger partial charge in [0, 0.05) is 6.54 Å². The maximum Gasteiger partial charge on any atom is 0.344 e. The lowest BCUT2D eigenvalue weighted by Crippen LogP contribution is -2.29. The number of aryl methyl sites for hydroxylation is 1. The van der Waals surface area contributed by atoms with Crippen LogP contribution >= 0.6 is 0 Å². The van der Waals surface area contributed by atoms with E-state index >= 15 is 0 Å². The van der Waals surface area contributed by atoms with E-state index in [9.17, 15) is 9.59 Å². The summed E-state index contributed by atoms with van der Waals surface area (Å²) in [6.07, 6.45) is 0. The fourth-order valence-corrected chi connectivity index (χ4v) is 2.33. The maximum absolute atomic E-state index is 11.8. The van der Waals surface area contributed by atoms with Gasteiger partial charge in [-0.05, 0) is 41.7 Å². The molecule has 0 aromatic heterocycles. The smallest absolute Gasteiger partial charge is 0.344 e. The Bertz CT molecular complexity index is 738. The molecule has 0 fully saturated rings. The van der Waals surface area contributed by atoms with Gasteiger partial charge in [0.1, 0.15) is 5.75 Å². The van der Waals surface area contributed by atoms with Crippen molar-refractivity contribution in [2.45, 2.75) is 33.2 Å². The average Bonchev–Trinajstić information content (AvgIpc) is 2.64. The molecule has 0 unspecified atom stereocenters. The molecular weight excluding hydrogens is 330 g/mol. The highest BCUT2D eigenvalue weighted by molar-refractivity contribution is 5.80. The number of ether oxygens (including phenoxy) is 2. The van der Waals surface area contributed by atoms with E-state index in [1.54, 1.807) is 0 Å². The van der Waals surface area contributed by atoms with Crippen molar-refractivity contribution < 1.29 is 19.1 Å². The third kappa shape index (κ3) is 6.24. The molecule has 2 aromatic carbocycles. The van der Waals surface area contributed by atoms with E-state index in [-0.39, 0.29) is 19.1 Å². The molecule has 0 saturated heterocycles. The molecule has 1 amide bonds. The Hall–Kier alpha value is -2.82. The Morgan fingerprint density at radius 2 is 1.69 bits per heavy atom. The topological polar surface area (TPSA) is 64.6 Å². The van der Waals surface area contributed by atoms with Gasteiger partial charge in [-0.25, -0.2) is 4.79 Å². The quantitative estimate of drug-likeness (QED) is 0.738. The lowest BCUT2D eigenvalue weighted by atomic mass is 10.0. The first-order chi connectivity index (χ1) is 12.5. The largest absolute Gasteiger partial charge is 0.482 e. The first-order valence-corrected chi connectivity index (χ1v) is 8.65. The Labute approximate surface area is 154 Å². The van der Waals surface area contributed by atoms with E-state index in [0.717, 1.165) is 11.1 Å². The number of carbonyl (C=O) groups excluding carboxylic acids is 2. The zero-order valence-electron chi connectivity index (χ0n) is 15.5. The second-order valence-corrected chi connectivity index (χ2v) is 6.38. The maximum atomic E-state index is 11.8. The van der Waals surface area contributed by atoms with Gasteiger partial charge in [-0.1, -0.05) is 50.2 Å². The summed E-state index contributed by atoms with van der Waals surface area (Å²) in [6.45, 7) is 6.05. The third-order valence-corrected chi connectivity index (χ3v) is 4.00. The molecule has 2 rings (SSSR count). The van der Waals surface area contributed by atoms with Crippen LogP contribution in [0, 0.1) is 6.92 Å². The van der Waals surface area contributed by atoms with Gasteiger partial charge < -0.3 is 14.8 Å². The van der Waals surface area contributed by atoms with Crippen LogP contribution in [0.4, 0.5) is 0 Å². The van der Waals surface area contributed by atoms with Crippen molar-refractivity contribution in [3.63, 3.8) is 0 Å². The molecule has 138 valence electrons. The molecular formula is C21H25NO4. The number of rotatable bonds is 8. The van der Waals surface area contributed by atoms with E-state index in [0.29, 0.717) is 18.2 Å². The molecule has 0 heterocycles. The van der Waals surface area contributed by atoms with Crippen LogP contribution in [0.25, 0.3) is 0 Å². The Kier molecular flexibility index (Phi) is 7.21. The lowest BCUT2D eigenvalue weighted by Gasteiger charge is -2.10. The Morgan fingerprint density at radius 3 is 2.35 bits per heavy atom. The number of amides is 1. The number of hydrogen-bond acceptors (Lipinski definition) is 4. The molecule has 5 nitrogen and oxygen atoms in total. The van der Waals surface area contributed by atoms with Crippen LogP contribution in [0.2, 0.25) is 0 Å².